The van der Waals surface area contributed by atoms with Gasteiger partial charge in [-0.05, 0) is 25.1 Å². The average molecular weight is 360 g/mol. The number of aromatic carboxylic acids is 1. The molecule has 3 aromatic rings. The number of para-hydroxylation sites is 1. The van der Waals surface area contributed by atoms with Crippen LogP contribution in [0.15, 0.2) is 47.4 Å². The van der Waals surface area contributed by atoms with Crippen LogP contribution < -0.4 is 4.72 Å². The van der Waals surface area contributed by atoms with Crippen LogP contribution in [0.3, 0.4) is 0 Å². The summed E-state index contributed by atoms with van der Waals surface area (Å²) in [6, 6.07) is 10.6. The molecule has 7 nitrogen and oxygen atoms in total. The third-order valence-electron chi connectivity index (χ3n) is 4.09. The summed E-state index contributed by atoms with van der Waals surface area (Å²) in [6.45, 7) is 1.71. The highest BCUT2D eigenvalue weighted by molar-refractivity contribution is 7.93. The van der Waals surface area contributed by atoms with E-state index in [1.54, 1.807) is 30.7 Å². The number of anilines is 1. The second-order valence-electron chi connectivity index (χ2n) is 5.63. The van der Waals surface area contributed by atoms with E-state index in [0.29, 0.717) is 11.1 Å². The summed E-state index contributed by atoms with van der Waals surface area (Å²) in [5.74, 6) is -1.81. The molecule has 3 rings (SSSR count). The Morgan fingerprint density at radius 2 is 1.84 bits per heavy atom. The summed E-state index contributed by atoms with van der Waals surface area (Å²) in [6.07, 6.45) is 0. The first-order valence-electron chi connectivity index (χ1n) is 7.35. The van der Waals surface area contributed by atoms with Gasteiger partial charge in [-0.25, -0.2) is 13.2 Å². The number of aromatic hydroxyl groups is 1. The highest BCUT2D eigenvalue weighted by Gasteiger charge is 2.24. The van der Waals surface area contributed by atoms with Crippen molar-refractivity contribution < 1.29 is 23.4 Å². The van der Waals surface area contributed by atoms with Gasteiger partial charge in [-0.3, -0.25) is 4.72 Å². The second-order valence-corrected chi connectivity index (χ2v) is 7.25. The Hall–Kier alpha value is -3.00. The highest BCUT2D eigenvalue weighted by atomic mass is 32.2. The smallest absolute Gasteiger partial charge is 0.339 e. The van der Waals surface area contributed by atoms with Crippen LogP contribution in [0.1, 0.15) is 16.1 Å². The predicted molar refractivity (Wildman–Crippen MR) is 93.5 cm³/mol. The number of benzene rings is 2. The van der Waals surface area contributed by atoms with Gasteiger partial charge < -0.3 is 14.8 Å². The van der Waals surface area contributed by atoms with E-state index in [1.807, 2.05) is 12.1 Å². The molecule has 130 valence electrons. The lowest BCUT2D eigenvalue weighted by Gasteiger charge is -2.10. The van der Waals surface area contributed by atoms with Crippen LogP contribution in [0, 0.1) is 6.92 Å². The van der Waals surface area contributed by atoms with Gasteiger partial charge in [0.15, 0.2) is 0 Å². The third-order valence-corrected chi connectivity index (χ3v) is 5.65. The Balaban J connectivity index is 2.08. The number of carbonyl (C=O) groups is 1. The van der Waals surface area contributed by atoms with Gasteiger partial charge in [-0.2, -0.15) is 0 Å². The maximum atomic E-state index is 12.9. The number of aromatic nitrogens is 1. The van der Waals surface area contributed by atoms with E-state index >= 15 is 0 Å². The van der Waals surface area contributed by atoms with Crippen LogP contribution in [0.4, 0.5) is 5.69 Å². The van der Waals surface area contributed by atoms with Gasteiger partial charge in [0.1, 0.15) is 16.2 Å². The lowest BCUT2D eigenvalue weighted by Crippen LogP contribution is -2.14. The third kappa shape index (κ3) is 2.80. The number of carboxylic acid groups (broad SMARTS) is 1. The number of nitrogens with zero attached hydrogens (tertiary/aromatic N) is 1. The van der Waals surface area contributed by atoms with Gasteiger partial charge in [-0.1, -0.05) is 18.2 Å². The molecule has 0 spiro atoms. The molecule has 0 radical (unpaired) electrons. The zero-order chi connectivity index (χ0) is 18.4. The summed E-state index contributed by atoms with van der Waals surface area (Å²) in [5.41, 5.74) is 1.13. The normalized spacial score (nSPS) is 11.6. The van der Waals surface area contributed by atoms with Crippen molar-refractivity contribution in [3.63, 3.8) is 0 Å². The highest BCUT2D eigenvalue weighted by Crippen LogP contribution is 2.31. The van der Waals surface area contributed by atoms with Crippen LogP contribution in [0.5, 0.6) is 5.75 Å². The zero-order valence-electron chi connectivity index (χ0n) is 13.5. The minimum atomic E-state index is -3.93. The van der Waals surface area contributed by atoms with Crippen molar-refractivity contribution in [2.75, 3.05) is 4.72 Å². The van der Waals surface area contributed by atoms with Gasteiger partial charge in [0.25, 0.3) is 10.0 Å². The SMILES string of the molecule is Cc1c(S(=O)(=O)Nc2ccc(C(=O)O)c(O)c2)c2ccccc2n1C. The quantitative estimate of drug-likeness (QED) is 0.663. The first kappa shape index (κ1) is 16.8. The molecule has 1 aromatic heterocycles. The van der Waals surface area contributed by atoms with Gasteiger partial charge in [0.05, 0.1) is 5.69 Å². The first-order chi connectivity index (χ1) is 11.7. The van der Waals surface area contributed by atoms with Crippen LogP contribution >= 0.6 is 0 Å². The Morgan fingerprint density at radius 3 is 2.48 bits per heavy atom. The van der Waals surface area contributed by atoms with Crippen LogP contribution in [0.25, 0.3) is 10.9 Å². The van der Waals surface area contributed by atoms with Gasteiger partial charge in [0.2, 0.25) is 0 Å². The van der Waals surface area contributed by atoms with Crippen molar-refractivity contribution in [2.24, 2.45) is 7.05 Å². The van der Waals surface area contributed by atoms with Crippen LogP contribution in [0.2, 0.25) is 0 Å². The summed E-state index contributed by atoms with van der Waals surface area (Å²) in [4.78, 5) is 11.1. The van der Waals surface area contributed by atoms with Gasteiger partial charge >= 0.3 is 5.97 Å². The lowest BCUT2D eigenvalue weighted by atomic mass is 10.2. The van der Waals surface area contributed by atoms with Crippen molar-refractivity contribution in [3.8, 4) is 5.75 Å². The van der Waals surface area contributed by atoms with Crippen molar-refractivity contribution in [3.05, 3.63) is 53.7 Å². The molecule has 1 heterocycles. The molecule has 25 heavy (non-hydrogen) atoms. The summed E-state index contributed by atoms with van der Waals surface area (Å²) >= 11 is 0. The molecule has 0 amide bonds. The molecular formula is C17H16N2O5S. The molecular weight excluding hydrogens is 344 g/mol. The monoisotopic (exact) mass is 360 g/mol. The number of phenols is 1. The molecule has 3 N–H and O–H groups in total. The van der Waals surface area contributed by atoms with Crippen molar-refractivity contribution >= 4 is 32.6 Å². The fourth-order valence-corrected chi connectivity index (χ4v) is 4.33. The number of aryl methyl sites for hydroxylation is 1. The minimum absolute atomic E-state index is 0.0786. The number of hydrogen-bond acceptors (Lipinski definition) is 4. The topological polar surface area (TPSA) is 109 Å². The van der Waals surface area contributed by atoms with E-state index in [0.717, 1.165) is 17.6 Å². The van der Waals surface area contributed by atoms with Gasteiger partial charge in [-0.15, -0.1) is 0 Å². The van der Waals surface area contributed by atoms with E-state index in [9.17, 15) is 18.3 Å². The standard InChI is InChI=1S/C17H16N2O5S/c1-10-16(12-5-3-4-6-14(12)19(10)2)25(23,24)18-11-7-8-13(17(21)22)15(20)9-11/h3-9,18,20H,1-2H3,(H,21,22). The van der Waals surface area contributed by atoms with Crippen molar-refractivity contribution in [1.29, 1.82) is 0 Å². The number of sulfonamides is 1. The van der Waals surface area contributed by atoms with E-state index in [-0.39, 0.29) is 16.1 Å². The summed E-state index contributed by atoms with van der Waals surface area (Å²) in [7, 11) is -2.15. The molecule has 2 aromatic carbocycles. The molecule has 0 fully saturated rings. The van der Waals surface area contributed by atoms with Crippen LogP contribution in [-0.2, 0) is 17.1 Å². The maximum absolute atomic E-state index is 12.9. The van der Waals surface area contributed by atoms with Crippen molar-refractivity contribution in [1.82, 2.24) is 4.57 Å². The molecule has 0 aliphatic carbocycles. The van der Waals surface area contributed by atoms with E-state index in [2.05, 4.69) is 4.72 Å². The zero-order valence-corrected chi connectivity index (χ0v) is 14.3. The fourth-order valence-electron chi connectivity index (χ4n) is 2.81. The lowest BCUT2D eigenvalue weighted by molar-refractivity contribution is 0.0694. The van der Waals surface area contributed by atoms with E-state index in [4.69, 9.17) is 5.11 Å². The Labute approximate surface area is 144 Å². The minimum Gasteiger partial charge on any atom is -0.507 e. The molecule has 8 heteroatoms. The Kier molecular flexibility index (Phi) is 3.92. The van der Waals surface area contributed by atoms with Gasteiger partial charge in [0, 0.05) is 29.7 Å². The largest absolute Gasteiger partial charge is 0.507 e. The Bertz CT molecular complexity index is 1100. The number of rotatable bonds is 4. The summed E-state index contributed by atoms with van der Waals surface area (Å²) < 4.78 is 29.9. The number of nitrogens with one attached hydrogen (secondary N) is 1. The van der Waals surface area contributed by atoms with E-state index in [1.165, 1.54) is 6.07 Å². The molecule has 0 saturated heterocycles. The average Bonchev–Trinajstić information content (AvgIpc) is 2.79. The molecule has 0 aliphatic rings. The molecule has 0 aliphatic heterocycles. The first-order valence-corrected chi connectivity index (χ1v) is 8.84. The second kappa shape index (κ2) is 5.82. The molecule has 0 unspecified atom stereocenters. The molecule has 0 atom stereocenters. The van der Waals surface area contributed by atoms with Crippen molar-refractivity contribution in [2.45, 2.75) is 11.8 Å². The number of fused-ring (bicyclic) bond motifs is 1. The molecule has 0 bridgehead atoms. The fraction of sp³-hybridized carbons (Fsp3) is 0.118. The molecule has 0 saturated carbocycles. The maximum Gasteiger partial charge on any atom is 0.339 e. The van der Waals surface area contributed by atoms with Crippen LogP contribution in [-0.4, -0.2) is 29.2 Å². The Morgan fingerprint density at radius 1 is 1.16 bits per heavy atom. The predicted octanol–water partition coefficient (Wildman–Crippen LogP) is 2.69. The number of carboxylic acids is 1. The number of hydrogen-bond donors (Lipinski definition) is 3. The summed E-state index contributed by atoms with van der Waals surface area (Å²) in [5, 5.41) is 19.2. The van der Waals surface area contributed by atoms with E-state index < -0.39 is 21.7 Å².